The van der Waals surface area contributed by atoms with Crippen LogP contribution in [-0.2, 0) is 11.3 Å². The lowest BCUT2D eigenvalue weighted by molar-refractivity contribution is -0.0504. The molecule has 1 aromatic rings. The zero-order valence-corrected chi connectivity index (χ0v) is 15.4. The standard InChI is InChI=1S/C16H25ClF2N4O2/c1-20-16(21-6-7-23(2)8-9-24-3)22-11-12-10-13(17)4-5-14(12)25-15(18)19/h4-5,10,15H,6-9,11H2,1-3H3,(H2,20,21,22). The van der Waals surface area contributed by atoms with E-state index in [1.807, 2.05) is 7.05 Å². The van der Waals surface area contributed by atoms with Crippen LogP contribution in [0.15, 0.2) is 23.2 Å². The second-order valence-corrected chi connectivity index (χ2v) is 5.72. The molecule has 1 aromatic carbocycles. The molecule has 0 radical (unpaired) electrons. The highest BCUT2D eigenvalue weighted by Gasteiger charge is 2.11. The average Bonchev–Trinajstić information content (AvgIpc) is 2.57. The van der Waals surface area contributed by atoms with E-state index in [0.29, 0.717) is 29.7 Å². The predicted octanol–water partition coefficient (Wildman–Crippen LogP) is 2.18. The smallest absolute Gasteiger partial charge is 0.387 e. The summed E-state index contributed by atoms with van der Waals surface area (Å²) in [5, 5.41) is 6.66. The van der Waals surface area contributed by atoms with Gasteiger partial charge in [-0.25, -0.2) is 0 Å². The van der Waals surface area contributed by atoms with Gasteiger partial charge in [0.05, 0.1) is 6.61 Å². The summed E-state index contributed by atoms with van der Waals surface area (Å²) in [5.74, 6) is 0.643. The first-order valence-electron chi connectivity index (χ1n) is 7.81. The van der Waals surface area contributed by atoms with Gasteiger partial charge in [0.15, 0.2) is 5.96 Å². The lowest BCUT2D eigenvalue weighted by Gasteiger charge is -2.18. The van der Waals surface area contributed by atoms with Gasteiger partial charge in [-0.05, 0) is 25.2 Å². The fraction of sp³-hybridized carbons (Fsp3) is 0.562. The highest BCUT2D eigenvalue weighted by Crippen LogP contribution is 2.24. The van der Waals surface area contributed by atoms with Crippen molar-refractivity contribution in [3.63, 3.8) is 0 Å². The third-order valence-corrected chi connectivity index (χ3v) is 3.61. The van der Waals surface area contributed by atoms with Crippen molar-refractivity contribution < 1.29 is 18.3 Å². The Kier molecular flexibility index (Phi) is 10.1. The molecule has 0 heterocycles. The number of halogens is 3. The second kappa shape index (κ2) is 11.8. The molecule has 0 atom stereocenters. The number of guanidine groups is 1. The van der Waals surface area contributed by atoms with Crippen molar-refractivity contribution >= 4 is 17.6 Å². The zero-order chi connectivity index (χ0) is 18.7. The van der Waals surface area contributed by atoms with Gasteiger partial charge < -0.3 is 25.0 Å². The maximum absolute atomic E-state index is 12.5. The minimum Gasteiger partial charge on any atom is -0.434 e. The second-order valence-electron chi connectivity index (χ2n) is 5.28. The highest BCUT2D eigenvalue weighted by molar-refractivity contribution is 6.30. The molecule has 0 aliphatic heterocycles. The summed E-state index contributed by atoms with van der Waals surface area (Å²) in [6.07, 6.45) is 0. The number of methoxy groups -OCH3 is 1. The number of hydrogen-bond donors (Lipinski definition) is 2. The van der Waals surface area contributed by atoms with Gasteiger partial charge in [-0.1, -0.05) is 11.6 Å². The van der Waals surface area contributed by atoms with Gasteiger partial charge in [-0.15, -0.1) is 0 Å². The van der Waals surface area contributed by atoms with Crippen molar-refractivity contribution in [2.24, 2.45) is 4.99 Å². The van der Waals surface area contributed by atoms with Crippen molar-refractivity contribution in [2.75, 3.05) is 47.4 Å². The summed E-state index contributed by atoms with van der Waals surface area (Å²) < 4.78 is 34.5. The van der Waals surface area contributed by atoms with E-state index in [4.69, 9.17) is 16.3 Å². The Balaban J connectivity index is 2.50. The van der Waals surface area contributed by atoms with Gasteiger partial charge in [0.1, 0.15) is 5.75 Å². The highest BCUT2D eigenvalue weighted by atomic mass is 35.5. The van der Waals surface area contributed by atoms with Crippen LogP contribution in [0.3, 0.4) is 0 Å². The van der Waals surface area contributed by atoms with E-state index in [1.54, 1.807) is 20.2 Å². The summed E-state index contributed by atoms with van der Waals surface area (Å²) >= 11 is 5.93. The molecule has 0 saturated carbocycles. The van der Waals surface area contributed by atoms with Crippen LogP contribution in [0.4, 0.5) is 8.78 Å². The molecule has 142 valence electrons. The van der Waals surface area contributed by atoms with Gasteiger partial charge in [-0.2, -0.15) is 8.78 Å². The van der Waals surface area contributed by atoms with Crippen molar-refractivity contribution in [1.29, 1.82) is 0 Å². The number of nitrogens with one attached hydrogen (secondary N) is 2. The SMILES string of the molecule is CN=C(NCCN(C)CCOC)NCc1cc(Cl)ccc1OC(F)F. The van der Waals surface area contributed by atoms with Gasteiger partial charge in [0.2, 0.25) is 0 Å². The molecule has 0 unspecified atom stereocenters. The van der Waals surface area contributed by atoms with E-state index < -0.39 is 6.61 Å². The van der Waals surface area contributed by atoms with E-state index in [2.05, 4.69) is 25.3 Å². The topological polar surface area (TPSA) is 58.1 Å². The predicted molar refractivity (Wildman–Crippen MR) is 95.7 cm³/mol. The molecule has 0 saturated heterocycles. The Bertz CT molecular complexity index is 547. The van der Waals surface area contributed by atoms with Crippen LogP contribution < -0.4 is 15.4 Å². The van der Waals surface area contributed by atoms with Crippen LogP contribution in [-0.4, -0.2) is 64.9 Å². The van der Waals surface area contributed by atoms with E-state index in [-0.39, 0.29) is 12.3 Å². The molecule has 25 heavy (non-hydrogen) atoms. The molecule has 6 nitrogen and oxygen atoms in total. The largest absolute Gasteiger partial charge is 0.434 e. The molecule has 2 N–H and O–H groups in total. The van der Waals surface area contributed by atoms with Crippen LogP contribution in [0, 0.1) is 0 Å². The lowest BCUT2D eigenvalue weighted by Crippen LogP contribution is -2.41. The summed E-state index contributed by atoms with van der Waals surface area (Å²) in [6.45, 7) is 0.352. The van der Waals surface area contributed by atoms with Crippen molar-refractivity contribution in [3.8, 4) is 5.75 Å². The van der Waals surface area contributed by atoms with E-state index >= 15 is 0 Å². The fourth-order valence-corrected chi connectivity index (χ4v) is 2.22. The van der Waals surface area contributed by atoms with Crippen LogP contribution in [0.1, 0.15) is 5.56 Å². The van der Waals surface area contributed by atoms with Gasteiger partial charge in [-0.3, -0.25) is 4.99 Å². The first-order chi connectivity index (χ1) is 12.0. The van der Waals surface area contributed by atoms with E-state index in [9.17, 15) is 8.78 Å². The molecule has 0 aromatic heterocycles. The van der Waals surface area contributed by atoms with Crippen LogP contribution >= 0.6 is 11.6 Å². The molecule has 0 bridgehead atoms. The van der Waals surface area contributed by atoms with Crippen LogP contribution in [0.2, 0.25) is 5.02 Å². The molecule has 0 aliphatic rings. The maximum atomic E-state index is 12.5. The molecular weight excluding hydrogens is 354 g/mol. The number of alkyl halides is 2. The summed E-state index contributed by atoms with van der Waals surface area (Å²) in [6, 6.07) is 4.51. The van der Waals surface area contributed by atoms with Crippen molar-refractivity contribution in [3.05, 3.63) is 28.8 Å². The zero-order valence-electron chi connectivity index (χ0n) is 14.7. The Morgan fingerprint density at radius 3 is 2.72 bits per heavy atom. The Hall–Kier alpha value is -1.64. The summed E-state index contributed by atoms with van der Waals surface area (Å²) in [7, 11) is 5.30. The number of ether oxygens (including phenoxy) is 2. The average molecular weight is 379 g/mol. The quantitative estimate of drug-likeness (QED) is 0.483. The summed E-state index contributed by atoms with van der Waals surface area (Å²) in [4.78, 5) is 6.22. The number of nitrogens with zero attached hydrogens (tertiary/aromatic N) is 2. The number of likely N-dealkylation sites (N-methyl/N-ethyl adjacent to an activating group) is 1. The van der Waals surface area contributed by atoms with Crippen LogP contribution in [0.5, 0.6) is 5.75 Å². The van der Waals surface area contributed by atoms with Gasteiger partial charge >= 0.3 is 6.61 Å². The number of rotatable bonds is 10. The number of benzene rings is 1. The van der Waals surface area contributed by atoms with E-state index in [1.165, 1.54) is 12.1 Å². The van der Waals surface area contributed by atoms with Crippen molar-refractivity contribution in [2.45, 2.75) is 13.2 Å². The molecule has 9 heteroatoms. The fourth-order valence-electron chi connectivity index (χ4n) is 2.02. The van der Waals surface area contributed by atoms with Gasteiger partial charge in [0.25, 0.3) is 0 Å². The van der Waals surface area contributed by atoms with E-state index in [0.717, 1.165) is 13.1 Å². The third-order valence-electron chi connectivity index (χ3n) is 3.37. The lowest BCUT2D eigenvalue weighted by atomic mass is 10.2. The molecule has 0 aliphatic carbocycles. The Morgan fingerprint density at radius 2 is 2.08 bits per heavy atom. The van der Waals surface area contributed by atoms with Crippen molar-refractivity contribution in [1.82, 2.24) is 15.5 Å². The monoisotopic (exact) mass is 378 g/mol. The normalized spacial score (nSPS) is 11.9. The number of hydrogen-bond acceptors (Lipinski definition) is 4. The molecular formula is C16H25ClF2N4O2. The summed E-state index contributed by atoms with van der Waals surface area (Å²) in [5.41, 5.74) is 0.521. The molecule has 1 rings (SSSR count). The Morgan fingerprint density at radius 1 is 1.32 bits per heavy atom. The minimum atomic E-state index is -2.89. The van der Waals surface area contributed by atoms with Crippen LogP contribution in [0.25, 0.3) is 0 Å². The molecule has 0 spiro atoms. The Labute approximate surface area is 152 Å². The minimum absolute atomic E-state index is 0.0849. The number of aliphatic imine (C=N–C) groups is 1. The first kappa shape index (κ1) is 21.4. The first-order valence-corrected chi connectivity index (χ1v) is 8.19. The molecule has 0 fully saturated rings. The molecule has 0 amide bonds. The third kappa shape index (κ3) is 8.85. The maximum Gasteiger partial charge on any atom is 0.387 e. The van der Waals surface area contributed by atoms with Gasteiger partial charge in [0, 0.05) is 50.9 Å².